The molecule has 176 valence electrons. The van der Waals surface area contributed by atoms with Gasteiger partial charge >= 0.3 is 12.2 Å². The highest BCUT2D eigenvalue weighted by molar-refractivity contribution is 7.91. The molecule has 2 fully saturated rings. The summed E-state index contributed by atoms with van der Waals surface area (Å²) in [5.74, 6) is -1.21. The van der Waals surface area contributed by atoms with Gasteiger partial charge in [-0.2, -0.15) is 0 Å². The third-order valence-electron chi connectivity index (χ3n) is 5.70. The maximum Gasteiger partial charge on any atom is 0.416 e. The number of imide groups is 1. The molecule has 0 bridgehead atoms. The molecular weight excluding hydrogens is 443 g/mol. The molecule has 1 aromatic carbocycles. The number of sulfone groups is 1. The van der Waals surface area contributed by atoms with Gasteiger partial charge in [-0.05, 0) is 50.3 Å². The van der Waals surface area contributed by atoms with Gasteiger partial charge in [-0.25, -0.2) is 27.3 Å². The Morgan fingerprint density at radius 1 is 1.31 bits per heavy atom. The molecular formula is C21H27FN2O7S. The average molecular weight is 471 g/mol. The van der Waals surface area contributed by atoms with Gasteiger partial charge in [0, 0.05) is 6.92 Å². The molecule has 0 spiro atoms. The number of hydrogen-bond donors (Lipinski definition) is 0. The lowest BCUT2D eigenvalue weighted by Crippen LogP contribution is -2.48. The number of ether oxygens (including phenoxy) is 2. The topological polar surface area (TPSA) is 110 Å². The molecule has 2 heterocycles. The summed E-state index contributed by atoms with van der Waals surface area (Å²) in [6, 6.07) is 4.37. The first-order valence-electron chi connectivity index (χ1n) is 10.4. The van der Waals surface area contributed by atoms with Crippen molar-refractivity contribution in [2.45, 2.75) is 45.1 Å². The molecule has 0 aliphatic carbocycles. The van der Waals surface area contributed by atoms with Crippen molar-refractivity contribution in [2.24, 2.45) is 0 Å². The van der Waals surface area contributed by atoms with Gasteiger partial charge in [0.05, 0.1) is 36.9 Å². The van der Waals surface area contributed by atoms with Crippen LogP contribution in [0.4, 0.5) is 19.7 Å². The Kier molecular flexibility index (Phi) is 6.77. The Bertz CT molecular complexity index is 1010. The van der Waals surface area contributed by atoms with E-state index in [2.05, 4.69) is 0 Å². The van der Waals surface area contributed by atoms with Crippen molar-refractivity contribution < 1.29 is 36.7 Å². The van der Waals surface area contributed by atoms with Gasteiger partial charge in [0.25, 0.3) is 0 Å². The number of rotatable bonds is 5. The fraction of sp³-hybridized carbons (Fsp3) is 0.571. The van der Waals surface area contributed by atoms with Gasteiger partial charge in [0.2, 0.25) is 5.91 Å². The zero-order valence-corrected chi connectivity index (χ0v) is 19.1. The van der Waals surface area contributed by atoms with Crippen LogP contribution in [0.15, 0.2) is 18.2 Å². The van der Waals surface area contributed by atoms with Crippen LogP contribution in [0.2, 0.25) is 0 Å². The van der Waals surface area contributed by atoms with Gasteiger partial charge < -0.3 is 9.47 Å². The molecule has 1 atom stereocenters. The standard InChI is InChI=1S/C21H27FN2O7S/c1-4-30-19(26)23(14(2)25)12-21(3)13-24(20(27)31-21)16-5-6-17(18(22)11-16)15-7-9-32(28,29)10-8-15/h5-6,11,15H,4,7-10,12-13H2,1-3H3. The zero-order valence-electron chi connectivity index (χ0n) is 18.3. The quantitative estimate of drug-likeness (QED) is 0.651. The first-order valence-corrected chi connectivity index (χ1v) is 12.2. The second kappa shape index (κ2) is 9.05. The summed E-state index contributed by atoms with van der Waals surface area (Å²) >= 11 is 0. The van der Waals surface area contributed by atoms with Crippen molar-refractivity contribution in [1.29, 1.82) is 0 Å². The minimum Gasteiger partial charge on any atom is -0.449 e. The van der Waals surface area contributed by atoms with Gasteiger partial charge in [-0.3, -0.25) is 9.69 Å². The monoisotopic (exact) mass is 470 g/mol. The molecule has 0 aromatic heterocycles. The van der Waals surface area contributed by atoms with Crippen molar-refractivity contribution in [3.8, 4) is 0 Å². The Balaban J connectivity index is 1.75. The first-order chi connectivity index (χ1) is 14.9. The van der Waals surface area contributed by atoms with Crippen molar-refractivity contribution >= 4 is 33.6 Å². The maximum atomic E-state index is 14.9. The summed E-state index contributed by atoms with van der Waals surface area (Å²) < 4.78 is 48.4. The van der Waals surface area contributed by atoms with Crippen molar-refractivity contribution in [1.82, 2.24) is 4.90 Å². The first kappa shape index (κ1) is 24.0. The average Bonchev–Trinajstić information content (AvgIpc) is 3.01. The zero-order chi connectivity index (χ0) is 23.7. The molecule has 2 aliphatic heterocycles. The van der Waals surface area contributed by atoms with E-state index in [0.29, 0.717) is 18.4 Å². The van der Waals surface area contributed by atoms with E-state index in [-0.39, 0.29) is 42.8 Å². The number of carbonyl (C=O) groups excluding carboxylic acids is 3. The number of amides is 3. The molecule has 1 aromatic rings. The van der Waals surface area contributed by atoms with Gasteiger partial charge in [0.15, 0.2) is 0 Å². The van der Waals surface area contributed by atoms with Crippen LogP contribution in [0.25, 0.3) is 0 Å². The lowest BCUT2D eigenvalue weighted by Gasteiger charge is -2.28. The van der Waals surface area contributed by atoms with Gasteiger partial charge in [-0.1, -0.05) is 6.07 Å². The van der Waals surface area contributed by atoms with Crippen LogP contribution in [0.1, 0.15) is 45.1 Å². The van der Waals surface area contributed by atoms with E-state index in [1.807, 2.05) is 0 Å². The van der Waals surface area contributed by atoms with Crippen LogP contribution in [-0.2, 0) is 24.1 Å². The fourth-order valence-electron chi connectivity index (χ4n) is 4.03. The molecule has 3 rings (SSSR count). The van der Waals surface area contributed by atoms with Crippen molar-refractivity contribution in [3.63, 3.8) is 0 Å². The van der Waals surface area contributed by atoms with E-state index < -0.39 is 39.3 Å². The van der Waals surface area contributed by atoms with E-state index in [1.165, 1.54) is 17.9 Å². The van der Waals surface area contributed by atoms with E-state index in [4.69, 9.17) is 9.47 Å². The Labute approximate surface area is 186 Å². The number of halogens is 1. The van der Waals surface area contributed by atoms with Gasteiger partial charge in [0.1, 0.15) is 21.3 Å². The summed E-state index contributed by atoms with van der Waals surface area (Å²) in [4.78, 5) is 38.5. The highest BCUT2D eigenvalue weighted by Gasteiger charge is 2.45. The van der Waals surface area contributed by atoms with Crippen LogP contribution < -0.4 is 4.90 Å². The van der Waals surface area contributed by atoms with E-state index in [9.17, 15) is 27.2 Å². The minimum absolute atomic E-state index is 0.00449. The SMILES string of the molecule is CCOC(=O)N(CC1(C)CN(c2ccc(C3CCS(=O)(=O)CC3)c(F)c2)C(=O)O1)C(C)=O. The lowest BCUT2D eigenvalue weighted by atomic mass is 9.93. The fourth-order valence-corrected chi connectivity index (χ4v) is 5.52. The normalized spacial score (nSPS) is 23.0. The van der Waals surface area contributed by atoms with E-state index in [1.54, 1.807) is 26.0 Å². The predicted octanol–water partition coefficient (Wildman–Crippen LogP) is 2.84. The Morgan fingerprint density at radius 2 is 1.97 bits per heavy atom. The highest BCUT2D eigenvalue weighted by atomic mass is 32.2. The molecule has 2 saturated heterocycles. The summed E-state index contributed by atoms with van der Waals surface area (Å²) in [5.41, 5.74) is -0.513. The summed E-state index contributed by atoms with van der Waals surface area (Å²) in [7, 11) is -3.06. The van der Waals surface area contributed by atoms with E-state index in [0.717, 1.165) is 4.90 Å². The van der Waals surface area contributed by atoms with Crippen LogP contribution >= 0.6 is 0 Å². The Morgan fingerprint density at radius 3 is 2.53 bits per heavy atom. The summed E-state index contributed by atoms with van der Waals surface area (Å²) in [6.45, 7) is 4.27. The molecule has 11 heteroatoms. The number of cyclic esters (lactones) is 1. The molecule has 2 aliphatic rings. The number of hydrogen-bond acceptors (Lipinski definition) is 7. The molecule has 0 radical (unpaired) electrons. The van der Waals surface area contributed by atoms with Crippen LogP contribution in [-0.4, -0.2) is 68.2 Å². The van der Waals surface area contributed by atoms with Crippen molar-refractivity contribution in [3.05, 3.63) is 29.6 Å². The third kappa shape index (κ3) is 5.20. The highest BCUT2D eigenvalue weighted by Crippen LogP contribution is 2.34. The summed E-state index contributed by atoms with van der Waals surface area (Å²) in [6.07, 6.45) is -0.842. The van der Waals surface area contributed by atoms with Crippen LogP contribution in [0, 0.1) is 5.82 Å². The second-order valence-corrected chi connectivity index (χ2v) is 10.6. The van der Waals surface area contributed by atoms with Crippen LogP contribution in [0.5, 0.6) is 0 Å². The number of nitrogens with zero attached hydrogens (tertiary/aromatic N) is 2. The molecule has 1 unspecified atom stereocenters. The maximum absolute atomic E-state index is 14.9. The molecule has 0 saturated carbocycles. The molecule has 3 amide bonds. The lowest BCUT2D eigenvalue weighted by molar-refractivity contribution is -0.129. The predicted molar refractivity (Wildman–Crippen MR) is 114 cm³/mol. The third-order valence-corrected chi connectivity index (χ3v) is 7.41. The molecule has 32 heavy (non-hydrogen) atoms. The van der Waals surface area contributed by atoms with E-state index >= 15 is 0 Å². The molecule has 0 N–H and O–H groups in total. The minimum atomic E-state index is -3.06. The second-order valence-electron chi connectivity index (χ2n) is 8.34. The van der Waals surface area contributed by atoms with Gasteiger partial charge in [-0.15, -0.1) is 0 Å². The number of benzene rings is 1. The number of carbonyl (C=O) groups is 3. The van der Waals surface area contributed by atoms with Crippen LogP contribution in [0.3, 0.4) is 0 Å². The summed E-state index contributed by atoms with van der Waals surface area (Å²) in [5, 5.41) is 0. The largest absolute Gasteiger partial charge is 0.449 e. The number of anilines is 1. The smallest absolute Gasteiger partial charge is 0.416 e. The Hall–Kier alpha value is -2.69. The van der Waals surface area contributed by atoms with Crippen molar-refractivity contribution in [2.75, 3.05) is 36.1 Å². The molecule has 9 nitrogen and oxygen atoms in total.